The number of hydrogen-bond donors (Lipinski definition) is 1. The van der Waals surface area contributed by atoms with Crippen molar-refractivity contribution in [3.63, 3.8) is 0 Å². The minimum Gasteiger partial charge on any atom is -0.507 e. The van der Waals surface area contributed by atoms with Gasteiger partial charge in [-0.15, -0.1) is 0 Å². The van der Waals surface area contributed by atoms with Crippen LogP contribution >= 0.6 is 39.9 Å². The fraction of sp³-hybridized carbons (Fsp3) is 0. The Balaban J connectivity index is 1.92. The molecular weight excluding hydrogens is 408 g/mol. The van der Waals surface area contributed by atoms with E-state index < -0.39 is 0 Å². The van der Waals surface area contributed by atoms with Gasteiger partial charge >= 0.3 is 0 Å². The van der Waals surface area contributed by atoms with Crippen molar-refractivity contribution in [1.29, 1.82) is 5.26 Å². The van der Waals surface area contributed by atoms with Crippen molar-refractivity contribution >= 4 is 61.9 Å². The molecule has 24 heavy (non-hydrogen) atoms. The summed E-state index contributed by atoms with van der Waals surface area (Å²) in [6.45, 7) is 0. The van der Waals surface area contributed by atoms with Crippen LogP contribution in [0, 0.1) is 11.3 Å². The Kier molecular flexibility index (Phi) is 4.71. The van der Waals surface area contributed by atoms with Gasteiger partial charge in [0, 0.05) is 0 Å². The molecule has 1 aliphatic rings. The van der Waals surface area contributed by atoms with E-state index in [2.05, 4.69) is 15.9 Å². The highest BCUT2D eigenvalue weighted by Crippen LogP contribution is 2.36. The third-order valence-electron chi connectivity index (χ3n) is 3.32. The number of aromatic hydroxyl groups is 1. The van der Waals surface area contributed by atoms with E-state index in [4.69, 9.17) is 17.5 Å². The molecule has 0 spiro atoms. The molecule has 1 amide bonds. The monoisotopic (exact) mass is 416 g/mol. The lowest BCUT2D eigenvalue weighted by Gasteiger charge is -2.14. The van der Waals surface area contributed by atoms with Gasteiger partial charge < -0.3 is 5.11 Å². The van der Waals surface area contributed by atoms with E-state index in [9.17, 15) is 9.90 Å². The van der Waals surface area contributed by atoms with Crippen LogP contribution in [0.5, 0.6) is 5.75 Å². The molecule has 118 valence electrons. The van der Waals surface area contributed by atoms with Crippen molar-refractivity contribution in [1.82, 2.24) is 0 Å². The lowest BCUT2D eigenvalue weighted by molar-refractivity contribution is -0.113. The highest BCUT2D eigenvalue weighted by Gasteiger charge is 2.33. The van der Waals surface area contributed by atoms with E-state index in [1.807, 2.05) is 6.07 Å². The summed E-state index contributed by atoms with van der Waals surface area (Å²) in [5.41, 5.74) is 1.93. The Morgan fingerprint density at radius 1 is 1.25 bits per heavy atom. The fourth-order valence-corrected chi connectivity index (χ4v) is 3.84. The maximum Gasteiger partial charge on any atom is 0.270 e. The number of anilines is 1. The summed E-state index contributed by atoms with van der Waals surface area (Å²) in [5, 5.41) is 18.4. The highest BCUT2D eigenvalue weighted by molar-refractivity contribution is 9.10. The average molecular weight is 417 g/mol. The van der Waals surface area contributed by atoms with Crippen molar-refractivity contribution in [2.75, 3.05) is 4.90 Å². The van der Waals surface area contributed by atoms with E-state index in [0.29, 0.717) is 24.9 Å². The van der Waals surface area contributed by atoms with Gasteiger partial charge in [0.2, 0.25) is 0 Å². The maximum atomic E-state index is 12.7. The molecule has 0 saturated carbocycles. The number of halogens is 1. The van der Waals surface area contributed by atoms with E-state index in [-0.39, 0.29) is 11.7 Å². The number of carbonyl (C=O) groups excluding carboxylic acids is 1. The molecular formula is C17H9BrN2O2S2. The second-order valence-corrected chi connectivity index (χ2v) is 7.42. The summed E-state index contributed by atoms with van der Waals surface area (Å²) in [5.74, 6) is -0.0730. The third-order valence-corrected chi connectivity index (χ3v) is 5.26. The Hall–Kier alpha value is -2.14. The van der Waals surface area contributed by atoms with Gasteiger partial charge in [0.1, 0.15) is 5.75 Å². The summed E-state index contributed by atoms with van der Waals surface area (Å²) in [4.78, 5) is 14.6. The zero-order chi connectivity index (χ0) is 17.3. The van der Waals surface area contributed by atoms with E-state index in [1.54, 1.807) is 48.5 Å². The molecule has 0 unspecified atom stereocenters. The van der Waals surface area contributed by atoms with Crippen molar-refractivity contribution in [3.8, 4) is 11.8 Å². The lowest BCUT2D eigenvalue weighted by atomic mass is 10.2. The van der Waals surface area contributed by atoms with E-state index in [0.717, 1.165) is 5.56 Å². The van der Waals surface area contributed by atoms with Crippen molar-refractivity contribution in [2.24, 2.45) is 0 Å². The Labute approximate surface area is 156 Å². The second kappa shape index (κ2) is 6.77. The van der Waals surface area contributed by atoms with Gasteiger partial charge in [0.15, 0.2) is 4.32 Å². The minimum atomic E-state index is -0.209. The Bertz CT molecular complexity index is 917. The van der Waals surface area contributed by atoms with Crippen LogP contribution in [0.4, 0.5) is 5.69 Å². The predicted molar refractivity (Wildman–Crippen MR) is 103 cm³/mol. The topological polar surface area (TPSA) is 64.3 Å². The second-order valence-electron chi connectivity index (χ2n) is 4.89. The van der Waals surface area contributed by atoms with Crippen molar-refractivity contribution in [2.45, 2.75) is 0 Å². The van der Waals surface area contributed by atoms with Crippen LogP contribution in [0.3, 0.4) is 0 Å². The van der Waals surface area contributed by atoms with Crippen LogP contribution in [-0.2, 0) is 4.79 Å². The van der Waals surface area contributed by atoms with Crippen molar-refractivity contribution < 1.29 is 9.90 Å². The van der Waals surface area contributed by atoms with Gasteiger partial charge in [-0.3, -0.25) is 9.69 Å². The molecule has 7 heteroatoms. The first-order valence-corrected chi connectivity index (χ1v) is 8.78. The lowest BCUT2D eigenvalue weighted by Crippen LogP contribution is -2.27. The number of thiocarbonyl (C=S) groups is 1. The molecule has 3 rings (SSSR count). The van der Waals surface area contributed by atoms with Gasteiger partial charge in [-0.2, -0.15) is 5.26 Å². The molecule has 4 nitrogen and oxygen atoms in total. The minimum absolute atomic E-state index is 0.136. The van der Waals surface area contributed by atoms with Gasteiger partial charge in [0.05, 0.1) is 26.7 Å². The molecule has 0 radical (unpaired) electrons. The van der Waals surface area contributed by atoms with Crippen LogP contribution in [-0.4, -0.2) is 15.3 Å². The molecule has 1 N–H and O–H groups in total. The van der Waals surface area contributed by atoms with E-state index >= 15 is 0 Å². The molecule has 1 aliphatic heterocycles. The Morgan fingerprint density at radius 3 is 2.58 bits per heavy atom. The zero-order valence-electron chi connectivity index (χ0n) is 12.1. The summed E-state index contributed by atoms with van der Waals surface area (Å²) in [7, 11) is 0. The standard InChI is InChI=1S/C17H9BrN2O2S2/c18-13-7-11(3-6-14(13)21)8-15-16(22)20(17(23)24-15)12-4-1-10(9-19)2-5-12/h1-8,21H. The summed E-state index contributed by atoms with van der Waals surface area (Å²) < 4.78 is 0.993. The number of phenolic OH excluding ortho intramolecular Hbond substituents is 1. The number of carbonyl (C=O) groups is 1. The molecule has 1 heterocycles. The summed E-state index contributed by atoms with van der Waals surface area (Å²) >= 11 is 9.78. The molecule has 1 fully saturated rings. The first kappa shape index (κ1) is 16.7. The van der Waals surface area contributed by atoms with Crippen LogP contribution in [0.15, 0.2) is 51.8 Å². The van der Waals surface area contributed by atoms with Crippen LogP contribution in [0.25, 0.3) is 6.08 Å². The number of phenols is 1. The third kappa shape index (κ3) is 3.22. The molecule has 0 bridgehead atoms. The molecule has 1 saturated heterocycles. The first-order valence-electron chi connectivity index (χ1n) is 6.76. The number of amides is 1. The number of hydrogen-bond acceptors (Lipinski definition) is 5. The van der Waals surface area contributed by atoms with Gasteiger partial charge in [-0.25, -0.2) is 0 Å². The van der Waals surface area contributed by atoms with Crippen LogP contribution in [0.1, 0.15) is 11.1 Å². The molecule has 0 aliphatic carbocycles. The fourth-order valence-electron chi connectivity index (χ4n) is 2.14. The Morgan fingerprint density at radius 2 is 1.96 bits per heavy atom. The maximum absolute atomic E-state index is 12.7. The normalized spacial score (nSPS) is 15.8. The van der Waals surface area contributed by atoms with Crippen LogP contribution in [0.2, 0.25) is 0 Å². The SMILES string of the molecule is N#Cc1ccc(N2C(=O)C(=Cc3ccc(O)c(Br)c3)SC2=S)cc1. The highest BCUT2D eigenvalue weighted by atomic mass is 79.9. The van der Waals surface area contributed by atoms with Gasteiger partial charge in [0.25, 0.3) is 5.91 Å². The van der Waals surface area contributed by atoms with Gasteiger partial charge in [-0.05, 0) is 64.0 Å². The quantitative estimate of drug-likeness (QED) is 0.579. The largest absolute Gasteiger partial charge is 0.507 e. The zero-order valence-corrected chi connectivity index (χ0v) is 15.3. The van der Waals surface area contributed by atoms with E-state index in [1.165, 1.54) is 16.7 Å². The summed E-state index contributed by atoms with van der Waals surface area (Å²) in [6, 6.07) is 13.7. The number of nitriles is 1. The average Bonchev–Trinajstić information content (AvgIpc) is 2.85. The predicted octanol–water partition coefficient (Wildman–Crippen LogP) is 4.43. The number of rotatable bonds is 2. The summed E-state index contributed by atoms with van der Waals surface area (Å²) in [6.07, 6.45) is 1.73. The number of benzene rings is 2. The molecule has 0 atom stereocenters. The molecule has 2 aromatic carbocycles. The van der Waals surface area contributed by atoms with Gasteiger partial charge in [-0.1, -0.05) is 30.0 Å². The molecule has 2 aromatic rings. The van der Waals surface area contributed by atoms with Crippen LogP contribution < -0.4 is 4.90 Å². The van der Waals surface area contributed by atoms with Crippen molar-refractivity contribution in [3.05, 3.63) is 63.0 Å². The smallest absolute Gasteiger partial charge is 0.270 e. The number of thioether (sulfide) groups is 1. The number of nitrogens with zero attached hydrogens (tertiary/aromatic N) is 2. The first-order chi connectivity index (χ1) is 11.5. The molecule has 0 aromatic heterocycles.